The molecule has 0 atom stereocenters. The number of benzene rings is 1. The molecule has 0 spiro atoms. The monoisotopic (exact) mass is 263 g/mol. The molecule has 19 heavy (non-hydrogen) atoms. The molecule has 0 aliphatic carbocycles. The Hall–Kier alpha value is -1.06. The van der Waals surface area contributed by atoms with Crippen molar-refractivity contribution in [3.8, 4) is 5.75 Å². The van der Waals surface area contributed by atoms with Gasteiger partial charge in [-0.2, -0.15) is 0 Å². The third-order valence-corrected chi connectivity index (χ3v) is 3.77. The number of hydrogen-bond donors (Lipinski definition) is 2. The molecule has 106 valence electrons. The molecule has 3 heteroatoms. The van der Waals surface area contributed by atoms with E-state index in [9.17, 15) is 0 Å². The summed E-state index contributed by atoms with van der Waals surface area (Å²) in [5.41, 5.74) is 2.79. The summed E-state index contributed by atoms with van der Waals surface area (Å²) in [6.07, 6.45) is 3.05. The fourth-order valence-corrected chi connectivity index (χ4v) is 2.49. The highest BCUT2D eigenvalue weighted by Gasteiger charge is 2.22. The molecule has 0 amide bonds. The molecule has 0 fully saturated rings. The molecule has 3 nitrogen and oxygen atoms in total. The fraction of sp³-hybridized carbons (Fsp3) is 0.625. The molecular formula is C16H25NO2. The van der Waals surface area contributed by atoms with E-state index >= 15 is 0 Å². The second kappa shape index (κ2) is 6.40. The van der Waals surface area contributed by atoms with Crippen molar-refractivity contribution >= 4 is 0 Å². The van der Waals surface area contributed by atoms with Crippen LogP contribution in [0, 0.1) is 0 Å². The quantitative estimate of drug-likeness (QED) is 0.774. The third-order valence-electron chi connectivity index (χ3n) is 3.77. The molecule has 2 rings (SSSR count). The zero-order chi connectivity index (χ0) is 13.7. The highest BCUT2D eigenvalue weighted by atomic mass is 16.5. The molecule has 1 aromatic carbocycles. The standard InChI is InChI=1S/C16H25NO2/c1-16(2,12-17-8-4-9-18)14-6-7-15-13(11-14)5-3-10-19-15/h6-7,11,17-18H,3-5,8-10,12H2,1-2H3. The molecule has 0 saturated heterocycles. The van der Waals surface area contributed by atoms with Crippen LogP contribution in [-0.4, -0.2) is 31.4 Å². The van der Waals surface area contributed by atoms with E-state index in [0.29, 0.717) is 0 Å². The molecule has 1 aliphatic heterocycles. The first-order valence-electron chi connectivity index (χ1n) is 7.21. The number of nitrogens with one attached hydrogen (secondary N) is 1. The molecule has 0 saturated carbocycles. The van der Waals surface area contributed by atoms with E-state index < -0.39 is 0 Å². The zero-order valence-corrected chi connectivity index (χ0v) is 12.0. The van der Waals surface area contributed by atoms with Crippen molar-refractivity contribution in [2.75, 3.05) is 26.3 Å². The first-order chi connectivity index (χ1) is 9.13. The van der Waals surface area contributed by atoms with Gasteiger partial charge in [0, 0.05) is 18.6 Å². The van der Waals surface area contributed by atoms with Gasteiger partial charge in [0.05, 0.1) is 6.61 Å². The number of fused-ring (bicyclic) bond motifs is 1. The van der Waals surface area contributed by atoms with E-state index in [4.69, 9.17) is 9.84 Å². The largest absolute Gasteiger partial charge is 0.493 e. The molecule has 0 radical (unpaired) electrons. The van der Waals surface area contributed by atoms with Crippen LogP contribution in [0.3, 0.4) is 0 Å². The first kappa shape index (κ1) is 14.4. The van der Waals surface area contributed by atoms with Gasteiger partial charge in [0.2, 0.25) is 0 Å². The van der Waals surface area contributed by atoms with Crippen molar-refractivity contribution in [3.05, 3.63) is 29.3 Å². The minimum absolute atomic E-state index is 0.0991. The first-order valence-corrected chi connectivity index (χ1v) is 7.21. The highest BCUT2D eigenvalue weighted by molar-refractivity contribution is 5.41. The van der Waals surface area contributed by atoms with Crippen LogP contribution in [0.25, 0.3) is 0 Å². The minimum atomic E-state index is 0.0991. The van der Waals surface area contributed by atoms with Gasteiger partial charge in [-0.15, -0.1) is 0 Å². The highest BCUT2D eigenvalue weighted by Crippen LogP contribution is 2.30. The van der Waals surface area contributed by atoms with Crippen LogP contribution in [0.15, 0.2) is 18.2 Å². The van der Waals surface area contributed by atoms with Crippen LogP contribution < -0.4 is 10.1 Å². The van der Waals surface area contributed by atoms with E-state index in [1.807, 2.05) is 0 Å². The molecule has 0 aromatic heterocycles. The fourth-order valence-electron chi connectivity index (χ4n) is 2.49. The molecule has 2 N–H and O–H groups in total. The maximum Gasteiger partial charge on any atom is 0.122 e. The van der Waals surface area contributed by atoms with Crippen LogP contribution in [-0.2, 0) is 11.8 Å². The van der Waals surface area contributed by atoms with Gasteiger partial charge >= 0.3 is 0 Å². The maximum atomic E-state index is 8.79. The average Bonchev–Trinajstić information content (AvgIpc) is 2.43. The Bertz CT molecular complexity index is 415. The summed E-state index contributed by atoms with van der Waals surface area (Å²) in [6.45, 7) is 7.40. The number of ether oxygens (including phenoxy) is 1. The Kier molecular flexibility index (Phi) is 4.83. The van der Waals surface area contributed by atoms with Crippen LogP contribution in [0.5, 0.6) is 5.75 Å². The summed E-state index contributed by atoms with van der Waals surface area (Å²) >= 11 is 0. The molecule has 1 heterocycles. The van der Waals surface area contributed by atoms with E-state index in [2.05, 4.69) is 37.4 Å². The molecule has 1 aromatic rings. The van der Waals surface area contributed by atoms with Crippen molar-refractivity contribution in [1.82, 2.24) is 5.32 Å². The molecule has 1 aliphatic rings. The Morgan fingerprint density at radius 1 is 1.37 bits per heavy atom. The van der Waals surface area contributed by atoms with E-state index in [1.54, 1.807) is 0 Å². The number of aliphatic hydroxyl groups is 1. The zero-order valence-electron chi connectivity index (χ0n) is 12.0. The maximum absolute atomic E-state index is 8.79. The Balaban J connectivity index is 2.03. The van der Waals surface area contributed by atoms with Crippen molar-refractivity contribution in [2.24, 2.45) is 0 Å². The summed E-state index contributed by atoms with van der Waals surface area (Å²) in [5.74, 6) is 1.05. The van der Waals surface area contributed by atoms with Crippen molar-refractivity contribution < 1.29 is 9.84 Å². The average molecular weight is 263 g/mol. The smallest absolute Gasteiger partial charge is 0.122 e. The lowest BCUT2D eigenvalue weighted by Crippen LogP contribution is -2.33. The van der Waals surface area contributed by atoms with Crippen LogP contribution >= 0.6 is 0 Å². The topological polar surface area (TPSA) is 41.5 Å². The lowest BCUT2D eigenvalue weighted by Gasteiger charge is -2.28. The van der Waals surface area contributed by atoms with Crippen LogP contribution in [0.1, 0.15) is 37.8 Å². The summed E-state index contributed by atoms with van der Waals surface area (Å²) in [7, 11) is 0. The van der Waals surface area contributed by atoms with Crippen molar-refractivity contribution in [1.29, 1.82) is 0 Å². The Morgan fingerprint density at radius 2 is 2.21 bits per heavy atom. The second-order valence-electron chi connectivity index (χ2n) is 5.91. The number of hydrogen-bond acceptors (Lipinski definition) is 3. The normalized spacial score (nSPS) is 14.9. The lowest BCUT2D eigenvalue weighted by atomic mass is 9.83. The van der Waals surface area contributed by atoms with Gasteiger partial charge in [-0.25, -0.2) is 0 Å². The number of aliphatic hydroxyl groups excluding tert-OH is 1. The molecule has 0 unspecified atom stereocenters. The SMILES string of the molecule is CC(C)(CNCCCO)c1ccc2c(c1)CCCO2. The van der Waals surface area contributed by atoms with Gasteiger partial charge in [-0.05, 0) is 43.0 Å². The van der Waals surface area contributed by atoms with Crippen molar-refractivity contribution in [3.63, 3.8) is 0 Å². The second-order valence-corrected chi connectivity index (χ2v) is 5.91. The Morgan fingerprint density at radius 3 is 3.00 bits per heavy atom. The lowest BCUT2D eigenvalue weighted by molar-refractivity contribution is 0.283. The van der Waals surface area contributed by atoms with Gasteiger partial charge in [0.15, 0.2) is 0 Å². The predicted octanol–water partition coefficient (Wildman–Crippen LogP) is 2.26. The van der Waals surface area contributed by atoms with E-state index in [0.717, 1.165) is 44.7 Å². The Labute approximate surface area is 116 Å². The number of aryl methyl sites for hydroxylation is 1. The third kappa shape index (κ3) is 3.71. The minimum Gasteiger partial charge on any atom is -0.493 e. The molecular weight excluding hydrogens is 238 g/mol. The predicted molar refractivity (Wildman–Crippen MR) is 77.9 cm³/mol. The van der Waals surface area contributed by atoms with Gasteiger partial charge < -0.3 is 15.2 Å². The van der Waals surface area contributed by atoms with Gasteiger partial charge in [-0.3, -0.25) is 0 Å². The summed E-state index contributed by atoms with van der Waals surface area (Å²) in [5, 5.41) is 12.2. The summed E-state index contributed by atoms with van der Waals surface area (Å²) in [6, 6.07) is 6.58. The van der Waals surface area contributed by atoms with Gasteiger partial charge in [0.25, 0.3) is 0 Å². The van der Waals surface area contributed by atoms with Crippen LogP contribution in [0.2, 0.25) is 0 Å². The number of rotatable bonds is 6. The summed E-state index contributed by atoms with van der Waals surface area (Å²) in [4.78, 5) is 0. The van der Waals surface area contributed by atoms with E-state index in [1.165, 1.54) is 11.1 Å². The molecule has 0 bridgehead atoms. The van der Waals surface area contributed by atoms with Gasteiger partial charge in [-0.1, -0.05) is 26.0 Å². The van der Waals surface area contributed by atoms with E-state index in [-0.39, 0.29) is 12.0 Å². The summed E-state index contributed by atoms with van der Waals surface area (Å²) < 4.78 is 5.66. The van der Waals surface area contributed by atoms with Gasteiger partial charge in [0.1, 0.15) is 5.75 Å². The van der Waals surface area contributed by atoms with Crippen LogP contribution in [0.4, 0.5) is 0 Å². The van der Waals surface area contributed by atoms with Crippen molar-refractivity contribution in [2.45, 2.75) is 38.5 Å².